The van der Waals surface area contributed by atoms with Gasteiger partial charge in [0.25, 0.3) is 5.56 Å². The number of nitrogens with zero attached hydrogens (tertiary/aromatic N) is 7. The zero-order chi connectivity index (χ0) is 36.9. The van der Waals surface area contributed by atoms with E-state index in [1.807, 2.05) is 0 Å². The van der Waals surface area contributed by atoms with Gasteiger partial charge in [-0.25, -0.2) is 33.5 Å². The highest BCUT2D eigenvalue weighted by molar-refractivity contribution is 8.13. The van der Waals surface area contributed by atoms with E-state index in [1.165, 1.54) is 22.4 Å². The molecule has 0 saturated carbocycles. The number of anilines is 2. The molecule has 3 fully saturated rings. The summed E-state index contributed by atoms with van der Waals surface area (Å²) in [4.78, 5) is 46.6. The van der Waals surface area contributed by atoms with Crippen molar-refractivity contribution in [1.29, 1.82) is 0 Å². The molecule has 3 aliphatic rings. The number of thioether (sulfide) groups is 1. The van der Waals surface area contributed by atoms with Gasteiger partial charge >= 0.3 is 15.6 Å². The molecule has 27 heteroatoms. The number of hydrogen-bond donors (Lipinski definition) is 4. The van der Waals surface area contributed by atoms with E-state index >= 15 is 4.39 Å². The summed E-state index contributed by atoms with van der Waals surface area (Å²) in [6.07, 6.45) is -9.70. The molecule has 0 aliphatic carbocycles. The van der Waals surface area contributed by atoms with Gasteiger partial charge in [-0.15, -0.1) is 0 Å². The van der Waals surface area contributed by atoms with Gasteiger partial charge in [-0.05, 0) is 0 Å². The highest BCUT2D eigenvalue weighted by atomic mass is 32.2. The number of fused-ring (bicyclic) bond motifs is 5. The number of alkyl halides is 1. The Labute approximate surface area is 295 Å². The minimum atomic E-state index is -4.84. The highest BCUT2D eigenvalue weighted by Crippen LogP contribution is 2.57. The number of aliphatic hydroxyl groups is 1. The third-order valence-corrected chi connectivity index (χ3v) is 11.8. The Balaban J connectivity index is 1.25. The van der Waals surface area contributed by atoms with Crippen LogP contribution in [0.5, 0.6) is 0 Å². The number of imidazole rings is 2. The van der Waals surface area contributed by atoms with E-state index in [0.29, 0.717) is 0 Å². The number of carbonyl (C=O) groups is 1. The van der Waals surface area contributed by atoms with Crippen LogP contribution in [0.25, 0.3) is 22.3 Å². The van der Waals surface area contributed by atoms with E-state index in [-0.39, 0.29) is 51.6 Å². The molecule has 7 unspecified atom stereocenters. The molecular weight excluding hydrogens is 761 g/mol. The molecule has 2 bridgehead atoms. The summed E-state index contributed by atoms with van der Waals surface area (Å²) in [6, 6.07) is 0. The molecule has 4 aromatic heterocycles. The fourth-order valence-corrected chi connectivity index (χ4v) is 8.82. The second-order valence-corrected chi connectivity index (χ2v) is 16.0. The van der Waals surface area contributed by atoms with Gasteiger partial charge in [-0.2, -0.15) is 4.98 Å². The minimum absolute atomic E-state index is 0.0156. The quantitative estimate of drug-likeness (QED) is 0.147. The van der Waals surface area contributed by atoms with Crippen LogP contribution in [0.15, 0.2) is 23.8 Å². The lowest BCUT2D eigenvalue weighted by molar-refractivity contribution is -0.109. The Morgan fingerprint density at radius 3 is 2.44 bits per heavy atom. The summed E-state index contributed by atoms with van der Waals surface area (Å²) in [5, 5.41) is 11.2. The van der Waals surface area contributed by atoms with Crippen LogP contribution in [0.3, 0.4) is 0 Å². The third kappa shape index (κ3) is 6.99. The van der Waals surface area contributed by atoms with E-state index in [2.05, 4.69) is 29.9 Å². The molecule has 3 saturated heterocycles. The van der Waals surface area contributed by atoms with E-state index in [4.69, 9.17) is 48.1 Å². The number of nitrogens with two attached hydrogens (primary N) is 2. The molecule has 23 nitrogen and oxygen atoms in total. The van der Waals surface area contributed by atoms with Gasteiger partial charge in [0.2, 0.25) is 5.95 Å². The van der Waals surface area contributed by atoms with Crippen LogP contribution in [-0.4, -0.2) is 119 Å². The topological polar surface area (TPSA) is 304 Å². The van der Waals surface area contributed by atoms with Crippen LogP contribution in [-0.2, 0) is 50.5 Å². The first kappa shape index (κ1) is 36.9. The number of hydrogen-bond acceptors (Lipinski definition) is 21. The Bertz CT molecular complexity index is 2140. The Morgan fingerprint density at radius 2 is 1.69 bits per heavy atom. The van der Waals surface area contributed by atoms with Crippen molar-refractivity contribution in [2.24, 2.45) is 0 Å². The van der Waals surface area contributed by atoms with Gasteiger partial charge in [0, 0.05) is 19.8 Å². The normalized spacial score (nSPS) is 34.2. The number of aromatic amines is 1. The van der Waals surface area contributed by atoms with Crippen molar-refractivity contribution >= 4 is 66.6 Å². The zero-order valence-corrected chi connectivity index (χ0v) is 29.6. The number of aliphatic hydroxyl groups excluding tert-OH is 1. The fourth-order valence-electron chi connectivity index (χ4n) is 5.74. The van der Waals surface area contributed by atoms with Crippen molar-refractivity contribution in [1.82, 2.24) is 39.0 Å². The van der Waals surface area contributed by atoms with Gasteiger partial charge in [0.15, 0.2) is 46.4 Å². The van der Waals surface area contributed by atoms with Gasteiger partial charge in [-0.1, -0.05) is 11.8 Å². The summed E-state index contributed by atoms with van der Waals surface area (Å²) in [7, 11) is -8.54. The largest absolute Gasteiger partial charge is 0.475 e. The summed E-state index contributed by atoms with van der Waals surface area (Å²) in [6.45, 7) is -0.535. The lowest BCUT2D eigenvalue weighted by Crippen LogP contribution is -2.35. The van der Waals surface area contributed by atoms with Crippen LogP contribution >= 0.6 is 27.4 Å². The van der Waals surface area contributed by atoms with Crippen LogP contribution < -0.4 is 17.0 Å². The molecule has 7 heterocycles. The van der Waals surface area contributed by atoms with Gasteiger partial charge in [0.05, 0.1) is 32.5 Å². The molecule has 7 rings (SSSR count). The van der Waals surface area contributed by atoms with Gasteiger partial charge in [0.1, 0.15) is 42.4 Å². The smallest absolute Gasteiger partial charge is 0.387 e. The predicted octanol–water partition coefficient (Wildman–Crippen LogP) is 0.594. The number of nitrogen functional groups attached to an aromatic ring is 2. The second kappa shape index (κ2) is 14.4. The van der Waals surface area contributed by atoms with Gasteiger partial charge in [-0.3, -0.25) is 50.8 Å². The van der Waals surface area contributed by atoms with Crippen molar-refractivity contribution in [2.75, 3.05) is 44.2 Å². The second-order valence-electron chi connectivity index (χ2n) is 11.4. The predicted molar refractivity (Wildman–Crippen MR) is 174 cm³/mol. The molecule has 3 aliphatic heterocycles. The first-order valence-corrected chi connectivity index (χ1v) is 19.2. The van der Waals surface area contributed by atoms with Crippen LogP contribution in [0.1, 0.15) is 19.4 Å². The van der Waals surface area contributed by atoms with E-state index in [1.54, 1.807) is 0 Å². The first-order chi connectivity index (χ1) is 24.8. The molecule has 282 valence electrons. The summed E-state index contributed by atoms with van der Waals surface area (Å²) >= 11 is 0.862. The Hall–Kier alpha value is -3.45. The number of nitrogens with one attached hydrogen (secondary N) is 1. The maximum absolute atomic E-state index is 16.4. The summed E-state index contributed by atoms with van der Waals surface area (Å²) < 4.78 is 92.3. The van der Waals surface area contributed by atoms with E-state index in [9.17, 15) is 23.8 Å². The molecular formula is C25H31FN10O13P2S. The average molecular weight is 793 g/mol. The molecule has 0 amide bonds. The van der Waals surface area contributed by atoms with Crippen molar-refractivity contribution in [3.63, 3.8) is 0 Å². The van der Waals surface area contributed by atoms with Crippen LogP contribution in [0, 0.1) is 0 Å². The van der Waals surface area contributed by atoms with Crippen molar-refractivity contribution in [2.45, 2.75) is 56.1 Å². The standard InChI is InChI=1S/C25H31FN10O13P2S/c1-10(37)52-4-3-43-51(41)45-6-12-17(13(26)23(47-12)35-8-31-14-19(27)29-7-30-20(14)35)48-50(40,42-2)44-5-11-16(38)18(49-51)24(46-11)36-9-32-15-21(36)33-25(28)34-22(15)39/h7-9,11-13,16-18,23-24,38H,3-6H2,1-2H3,(H2,27,29,30)(H3,28,33,34,39)/t11-,12-,13?,16?,17?,18?,23?,24-,50?,51?/m1/s1. The number of phosphoric ester groups is 2. The number of phosphoric acid groups is 2. The Kier molecular flexibility index (Phi) is 10.2. The Morgan fingerprint density at radius 1 is 1.02 bits per heavy atom. The number of carbonyl (C=O) groups excluding carboxylic acids is 1. The molecule has 0 aromatic carbocycles. The number of rotatable bonds is 7. The van der Waals surface area contributed by atoms with E-state index < -0.39 is 83.6 Å². The van der Waals surface area contributed by atoms with E-state index in [0.717, 1.165) is 31.5 Å². The fraction of sp³-hybridized carbons (Fsp3) is 0.560. The van der Waals surface area contributed by atoms with Crippen LogP contribution in [0.2, 0.25) is 0 Å². The first-order valence-electron chi connectivity index (χ1n) is 15.3. The molecule has 10 atom stereocenters. The minimum Gasteiger partial charge on any atom is -0.387 e. The maximum atomic E-state index is 16.4. The maximum Gasteiger partial charge on any atom is 0.475 e. The lowest BCUT2D eigenvalue weighted by Gasteiger charge is -2.28. The number of ether oxygens (including phenoxy) is 2. The third-order valence-electron chi connectivity index (χ3n) is 8.12. The summed E-state index contributed by atoms with van der Waals surface area (Å²) in [5.41, 5.74) is 11.0. The molecule has 0 radical (unpaired) electrons. The molecule has 4 aromatic rings. The number of halogens is 1. The van der Waals surface area contributed by atoms with Crippen molar-refractivity contribution in [3.05, 3.63) is 29.3 Å². The molecule has 52 heavy (non-hydrogen) atoms. The van der Waals surface area contributed by atoms with Crippen molar-refractivity contribution < 1.29 is 60.0 Å². The van der Waals surface area contributed by atoms with Crippen LogP contribution in [0.4, 0.5) is 16.2 Å². The van der Waals surface area contributed by atoms with Crippen molar-refractivity contribution in [3.8, 4) is 0 Å². The monoisotopic (exact) mass is 792 g/mol. The molecule has 0 spiro atoms. The highest BCUT2D eigenvalue weighted by Gasteiger charge is 2.55. The lowest BCUT2D eigenvalue weighted by atomic mass is 10.1. The zero-order valence-electron chi connectivity index (χ0n) is 27.0. The SMILES string of the molecule is COP1(=O)OC[C@H]2O[C@@H](n3cnc4c(=O)[nH]c(N)nc43)C(OP(=O)(OCCSC(C)=O)OC[C@H]3OC(n4cnc5c(N)ncnc54)C(F)C3O1)C2O. The van der Waals surface area contributed by atoms with Gasteiger partial charge < -0.3 is 26.0 Å². The summed E-state index contributed by atoms with van der Waals surface area (Å²) in [5.74, 6) is -0.239. The average Bonchev–Trinajstić information content (AvgIpc) is 3.86. The number of H-pyrrole nitrogens is 1. The number of aromatic nitrogens is 8. The molecule has 6 N–H and O–H groups in total.